The number of hydrogen-bond acceptors (Lipinski definition) is 7. The molecule has 0 bridgehead atoms. The number of rotatable bonds is 18. The molecular weight excluding hydrogens is 472 g/mol. The summed E-state index contributed by atoms with van der Waals surface area (Å²) in [4.78, 5) is 23.8. The molecule has 0 amide bonds. The van der Waals surface area contributed by atoms with Gasteiger partial charge in [-0.25, -0.2) is 4.79 Å². The van der Waals surface area contributed by atoms with Crippen molar-refractivity contribution >= 4 is 11.9 Å². The average Bonchev–Trinajstić information content (AvgIpc) is 2.89. The first-order valence-corrected chi connectivity index (χ1v) is 12.4. The molecule has 2 aromatic carbocycles. The van der Waals surface area contributed by atoms with Crippen LogP contribution < -0.4 is 14.2 Å². The monoisotopic (exact) mass is 508 g/mol. The summed E-state index contributed by atoms with van der Waals surface area (Å²) >= 11 is 0. The van der Waals surface area contributed by atoms with Crippen molar-refractivity contribution in [2.45, 2.75) is 45.4 Å². The molecule has 0 atom stereocenters. The maximum Gasteiger partial charge on any atom is 0.343 e. The second kappa shape index (κ2) is 16.6. The molecule has 0 aromatic heterocycles. The quantitative estimate of drug-likeness (QED) is 0.0727. The van der Waals surface area contributed by atoms with Gasteiger partial charge in [-0.05, 0) is 93.1 Å². The van der Waals surface area contributed by atoms with Gasteiger partial charge in [0.2, 0.25) is 0 Å². The van der Waals surface area contributed by atoms with E-state index in [0.717, 1.165) is 43.3 Å². The number of hydrogen-bond donors (Lipinski definition) is 0. The van der Waals surface area contributed by atoms with Crippen molar-refractivity contribution in [1.29, 1.82) is 0 Å². The number of allylic oxidation sites excluding steroid dienone is 1. The molecule has 0 N–H and O–H groups in total. The number of carbonyl (C=O) groups is 2. The highest BCUT2D eigenvalue weighted by Crippen LogP contribution is 2.22. The molecule has 37 heavy (non-hydrogen) atoms. The third-order valence-electron chi connectivity index (χ3n) is 5.27. The summed E-state index contributed by atoms with van der Waals surface area (Å²) in [6, 6.07) is 12.0. The Balaban J connectivity index is 1.70. The lowest BCUT2D eigenvalue weighted by Gasteiger charge is -2.11. The van der Waals surface area contributed by atoms with Gasteiger partial charge >= 0.3 is 11.9 Å². The zero-order chi connectivity index (χ0) is 26.9. The molecule has 7 nitrogen and oxygen atoms in total. The summed E-state index contributed by atoms with van der Waals surface area (Å²) in [5.41, 5.74) is 1.31. The Hall–Kier alpha value is -4.00. The van der Waals surface area contributed by atoms with Crippen LogP contribution in [0.15, 0.2) is 80.3 Å². The van der Waals surface area contributed by atoms with E-state index < -0.39 is 5.97 Å². The number of unbranched alkanes of at least 4 members (excludes halogenated alkanes) is 3. The molecule has 0 fully saturated rings. The molecule has 2 rings (SSSR count). The highest BCUT2D eigenvalue weighted by atomic mass is 16.5. The first kappa shape index (κ1) is 29.2. The Morgan fingerprint density at radius 3 is 2.19 bits per heavy atom. The number of ether oxygens (including phenoxy) is 5. The van der Waals surface area contributed by atoms with E-state index in [-0.39, 0.29) is 12.4 Å². The van der Waals surface area contributed by atoms with Gasteiger partial charge < -0.3 is 23.7 Å². The number of benzene rings is 2. The molecule has 0 spiro atoms. The normalized spacial score (nSPS) is 10.2. The minimum atomic E-state index is -0.453. The first-order chi connectivity index (χ1) is 17.9. The van der Waals surface area contributed by atoms with Crippen LogP contribution in [0.3, 0.4) is 0 Å². The Labute approximate surface area is 219 Å². The Morgan fingerprint density at radius 2 is 1.51 bits per heavy atom. The Bertz CT molecular complexity index is 1040. The van der Waals surface area contributed by atoms with Gasteiger partial charge in [0.15, 0.2) is 0 Å². The third kappa shape index (κ3) is 11.5. The van der Waals surface area contributed by atoms with Crippen LogP contribution in [0, 0.1) is 6.92 Å². The largest absolute Gasteiger partial charge is 0.494 e. The standard InChI is InChI=1S/C30H36O7/c1-5-24(4)34-19-9-7-8-10-20-36-28-18-13-25(22-23(28)3)30(32)37-27-16-14-26(15-17-27)35-21-11-12-29(31)33-6-2/h5-6,13-18,22H,1-2,4,7-12,19-21H2,3H3. The van der Waals surface area contributed by atoms with Crippen LogP contribution in [0.2, 0.25) is 0 Å². The summed E-state index contributed by atoms with van der Waals surface area (Å²) in [7, 11) is 0. The molecule has 0 aliphatic heterocycles. The van der Waals surface area contributed by atoms with Gasteiger partial charge in [0.1, 0.15) is 23.0 Å². The second-order valence-corrected chi connectivity index (χ2v) is 8.23. The molecule has 0 saturated carbocycles. The fourth-order valence-corrected chi connectivity index (χ4v) is 3.27. The van der Waals surface area contributed by atoms with E-state index in [1.165, 1.54) is 0 Å². The minimum Gasteiger partial charge on any atom is -0.494 e. The van der Waals surface area contributed by atoms with E-state index in [2.05, 4.69) is 24.5 Å². The van der Waals surface area contributed by atoms with E-state index in [1.54, 1.807) is 48.5 Å². The van der Waals surface area contributed by atoms with Crippen molar-refractivity contribution in [2.24, 2.45) is 0 Å². The summed E-state index contributed by atoms with van der Waals surface area (Å²) in [6.07, 6.45) is 7.48. The SMILES string of the molecule is C=COC(=O)CCCOc1ccc(OC(=O)c2ccc(OCCCCCCOC(=C)C=C)c(C)c2)cc1. The van der Waals surface area contributed by atoms with Crippen LogP contribution in [-0.2, 0) is 14.3 Å². The van der Waals surface area contributed by atoms with Crippen LogP contribution in [0.1, 0.15) is 54.4 Å². The van der Waals surface area contributed by atoms with E-state index >= 15 is 0 Å². The topological polar surface area (TPSA) is 80.3 Å². The van der Waals surface area contributed by atoms with E-state index in [1.807, 2.05) is 6.92 Å². The lowest BCUT2D eigenvalue weighted by molar-refractivity contribution is -0.138. The summed E-state index contributed by atoms with van der Waals surface area (Å²) in [6.45, 7) is 14.2. The van der Waals surface area contributed by atoms with Gasteiger partial charge in [-0.1, -0.05) is 19.7 Å². The maximum atomic E-state index is 12.6. The predicted octanol–water partition coefficient (Wildman–Crippen LogP) is 6.72. The molecule has 7 heteroatoms. The van der Waals surface area contributed by atoms with Crippen molar-refractivity contribution in [1.82, 2.24) is 0 Å². The zero-order valence-corrected chi connectivity index (χ0v) is 21.5. The molecule has 0 saturated heterocycles. The highest BCUT2D eigenvalue weighted by molar-refractivity contribution is 5.91. The third-order valence-corrected chi connectivity index (χ3v) is 5.27. The number of esters is 2. The first-order valence-electron chi connectivity index (χ1n) is 12.4. The van der Waals surface area contributed by atoms with E-state index in [4.69, 9.17) is 18.9 Å². The summed E-state index contributed by atoms with van der Waals surface area (Å²) in [5, 5.41) is 0. The maximum absolute atomic E-state index is 12.6. The van der Waals surface area contributed by atoms with Crippen molar-refractivity contribution in [3.63, 3.8) is 0 Å². The second-order valence-electron chi connectivity index (χ2n) is 8.23. The fraction of sp³-hybridized carbons (Fsp3) is 0.333. The molecule has 2 aromatic rings. The lowest BCUT2D eigenvalue weighted by Crippen LogP contribution is -2.09. The van der Waals surface area contributed by atoms with Gasteiger partial charge in [-0.3, -0.25) is 4.79 Å². The molecule has 0 heterocycles. The zero-order valence-electron chi connectivity index (χ0n) is 21.5. The van der Waals surface area contributed by atoms with Crippen LogP contribution >= 0.6 is 0 Å². The molecular formula is C30H36O7. The van der Waals surface area contributed by atoms with E-state index in [9.17, 15) is 9.59 Å². The fourth-order valence-electron chi connectivity index (χ4n) is 3.27. The average molecular weight is 509 g/mol. The number of carbonyl (C=O) groups excluding carboxylic acids is 2. The van der Waals surface area contributed by atoms with Crippen LogP contribution in [-0.4, -0.2) is 31.8 Å². The van der Waals surface area contributed by atoms with Crippen LogP contribution in [0.25, 0.3) is 0 Å². The predicted molar refractivity (Wildman–Crippen MR) is 143 cm³/mol. The van der Waals surface area contributed by atoms with Crippen LogP contribution in [0.5, 0.6) is 17.2 Å². The molecule has 0 radical (unpaired) electrons. The smallest absolute Gasteiger partial charge is 0.343 e. The van der Waals surface area contributed by atoms with Gasteiger partial charge in [-0.15, -0.1) is 0 Å². The van der Waals surface area contributed by atoms with Crippen molar-refractivity contribution in [3.8, 4) is 17.2 Å². The van der Waals surface area contributed by atoms with Crippen molar-refractivity contribution < 1.29 is 33.3 Å². The van der Waals surface area contributed by atoms with Gasteiger partial charge in [0, 0.05) is 6.42 Å². The van der Waals surface area contributed by atoms with Crippen LogP contribution in [0.4, 0.5) is 0 Å². The number of aryl methyl sites for hydroxylation is 1. The van der Waals surface area contributed by atoms with E-state index in [0.29, 0.717) is 49.1 Å². The van der Waals surface area contributed by atoms with Gasteiger partial charge in [-0.2, -0.15) is 0 Å². The Kier molecular flexibility index (Phi) is 13.1. The summed E-state index contributed by atoms with van der Waals surface area (Å²) in [5.74, 6) is 1.57. The highest BCUT2D eigenvalue weighted by Gasteiger charge is 2.11. The Morgan fingerprint density at radius 1 is 0.838 bits per heavy atom. The summed E-state index contributed by atoms with van der Waals surface area (Å²) < 4.78 is 27.0. The van der Waals surface area contributed by atoms with Gasteiger partial charge in [0.25, 0.3) is 0 Å². The molecule has 0 aliphatic carbocycles. The molecule has 198 valence electrons. The van der Waals surface area contributed by atoms with Crippen molar-refractivity contribution in [2.75, 3.05) is 19.8 Å². The van der Waals surface area contributed by atoms with Gasteiger partial charge in [0.05, 0.1) is 31.6 Å². The van der Waals surface area contributed by atoms with Crippen molar-refractivity contribution in [3.05, 3.63) is 91.4 Å². The minimum absolute atomic E-state index is 0.245. The molecule has 0 aliphatic rings. The molecule has 0 unspecified atom stereocenters. The lowest BCUT2D eigenvalue weighted by atomic mass is 10.1.